The highest BCUT2D eigenvalue weighted by Crippen LogP contribution is 2.37. The lowest BCUT2D eigenvalue weighted by atomic mass is 10.1. The van der Waals surface area contributed by atoms with Crippen molar-refractivity contribution < 1.29 is 14.3 Å². The van der Waals surface area contributed by atoms with E-state index in [4.69, 9.17) is 4.74 Å². The van der Waals surface area contributed by atoms with Crippen molar-refractivity contribution in [2.24, 2.45) is 0 Å². The lowest BCUT2D eigenvalue weighted by Gasteiger charge is -2.23. The summed E-state index contributed by atoms with van der Waals surface area (Å²) >= 11 is 1.41. The maximum absolute atomic E-state index is 12.5. The number of ether oxygens (including phenoxy) is 1. The van der Waals surface area contributed by atoms with Gasteiger partial charge in [0, 0.05) is 16.0 Å². The number of rotatable bonds is 3. The molecule has 7 heteroatoms. The second kappa shape index (κ2) is 7.09. The molecule has 6 nitrogen and oxygen atoms in total. The average Bonchev–Trinajstić information content (AvgIpc) is 3.02. The molecule has 0 radical (unpaired) electrons. The van der Waals surface area contributed by atoms with Crippen molar-refractivity contribution in [3.8, 4) is 17.0 Å². The van der Waals surface area contributed by atoms with Gasteiger partial charge in [-0.2, -0.15) is 0 Å². The van der Waals surface area contributed by atoms with Gasteiger partial charge in [0.15, 0.2) is 11.2 Å². The minimum atomic E-state index is -0.511. The monoisotopic (exact) mass is 393 g/mol. The Morgan fingerprint density at radius 3 is 2.79 bits per heavy atom. The quantitative estimate of drug-likeness (QED) is 0.691. The van der Waals surface area contributed by atoms with E-state index >= 15 is 0 Å². The molecule has 28 heavy (non-hydrogen) atoms. The van der Waals surface area contributed by atoms with Gasteiger partial charge in [-0.3, -0.25) is 14.9 Å². The van der Waals surface area contributed by atoms with Crippen LogP contribution in [0.3, 0.4) is 0 Å². The normalized spacial score (nSPS) is 15.4. The summed E-state index contributed by atoms with van der Waals surface area (Å²) < 4.78 is 5.60. The van der Waals surface area contributed by atoms with E-state index in [1.807, 2.05) is 50.2 Å². The minimum absolute atomic E-state index is 0.175. The number of hydrogen-bond donors (Lipinski definition) is 2. The number of nitrogens with one attached hydrogen (secondary N) is 2. The fourth-order valence-electron chi connectivity index (χ4n) is 3.07. The van der Waals surface area contributed by atoms with E-state index in [-0.39, 0.29) is 11.8 Å². The number of benzene rings is 2. The van der Waals surface area contributed by atoms with Gasteiger partial charge in [-0.25, -0.2) is 4.98 Å². The average molecular weight is 393 g/mol. The first kappa shape index (κ1) is 18.2. The molecular weight excluding hydrogens is 374 g/mol. The van der Waals surface area contributed by atoms with Crippen molar-refractivity contribution in [3.05, 3.63) is 58.5 Å². The van der Waals surface area contributed by atoms with Crippen LogP contribution in [0.5, 0.6) is 5.75 Å². The Labute approximate surface area is 166 Å². The number of nitrogens with zero attached hydrogens (tertiary/aromatic N) is 1. The van der Waals surface area contributed by atoms with E-state index in [0.29, 0.717) is 22.1 Å². The van der Waals surface area contributed by atoms with E-state index in [1.165, 1.54) is 11.3 Å². The second-order valence-electron chi connectivity index (χ2n) is 6.65. The van der Waals surface area contributed by atoms with Crippen LogP contribution in [-0.4, -0.2) is 22.9 Å². The number of aromatic nitrogens is 1. The van der Waals surface area contributed by atoms with Crippen LogP contribution in [-0.2, 0) is 4.79 Å². The molecule has 0 unspecified atom stereocenters. The summed E-state index contributed by atoms with van der Waals surface area (Å²) in [6.45, 7) is 5.56. The van der Waals surface area contributed by atoms with Crippen molar-refractivity contribution in [2.45, 2.75) is 26.9 Å². The van der Waals surface area contributed by atoms with Crippen LogP contribution >= 0.6 is 11.3 Å². The fraction of sp³-hybridized carbons (Fsp3) is 0.190. The molecule has 142 valence electrons. The van der Waals surface area contributed by atoms with Crippen LogP contribution in [0.4, 0.5) is 10.8 Å². The third-order valence-corrected chi connectivity index (χ3v) is 5.48. The maximum Gasteiger partial charge on any atom is 0.265 e. The predicted octanol–water partition coefficient (Wildman–Crippen LogP) is 4.40. The molecule has 2 amide bonds. The van der Waals surface area contributed by atoms with Crippen LogP contribution < -0.4 is 15.4 Å². The fourth-order valence-corrected chi connectivity index (χ4v) is 3.90. The molecule has 1 aliphatic heterocycles. The highest BCUT2D eigenvalue weighted by molar-refractivity contribution is 7.16. The number of thiazole rings is 1. The molecule has 0 aliphatic carbocycles. The minimum Gasteiger partial charge on any atom is -0.479 e. The Morgan fingerprint density at radius 2 is 2.00 bits per heavy atom. The molecule has 3 aromatic rings. The summed E-state index contributed by atoms with van der Waals surface area (Å²) in [5.74, 6) is 0.279. The molecule has 1 aliphatic rings. The van der Waals surface area contributed by atoms with E-state index < -0.39 is 6.10 Å². The number of hydrogen-bond acceptors (Lipinski definition) is 5. The van der Waals surface area contributed by atoms with Crippen molar-refractivity contribution in [3.63, 3.8) is 0 Å². The predicted molar refractivity (Wildman–Crippen MR) is 110 cm³/mol. The molecule has 0 saturated carbocycles. The molecule has 0 bridgehead atoms. The van der Waals surface area contributed by atoms with Crippen molar-refractivity contribution in [1.29, 1.82) is 0 Å². The van der Waals surface area contributed by atoms with Crippen LogP contribution in [0.2, 0.25) is 0 Å². The van der Waals surface area contributed by atoms with Crippen LogP contribution in [0, 0.1) is 13.8 Å². The molecule has 0 saturated heterocycles. The van der Waals surface area contributed by atoms with E-state index in [0.717, 1.165) is 21.7 Å². The molecule has 0 fully saturated rings. The Hall–Kier alpha value is -3.19. The standard InChI is InChI=1S/C21H19N3O3S/c1-11-6-4-5-7-15(11)20(26)24-21-23-18(13(3)28-21)14-8-9-17-16(10-14)22-19(25)12(2)27-17/h4-10,12H,1-3H3,(H,22,25)(H,23,24,26)/t12-/m0/s1. The number of carbonyl (C=O) groups excluding carboxylic acids is 2. The number of aryl methyl sites for hydroxylation is 2. The zero-order valence-electron chi connectivity index (χ0n) is 15.7. The van der Waals surface area contributed by atoms with Gasteiger partial charge in [0.25, 0.3) is 11.8 Å². The van der Waals surface area contributed by atoms with Crippen molar-refractivity contribution in [1.82, 2.24) is 4.98 Å². The first-order valence-electron chi connectivity index (χ1n) is 8.88. The third-order valence-electron chi connectivity index (χ3n) is 4.59. The summed E-state index contributed by atoms with van der Waals surface area (Å²) in [5.41, 5.74) is 3.77. The van der Waals surface area contributed by atoms with Crippen molar-refractivity contribution in [2.75, 3.05) is 10.6 Å². The SMILES string of the molecule is Cc1ccccc1C(=O)Nc1nc(-c2ccc3c(c2)NC(=O)[C@H](C)O3)c(C)s1. The number of fused-ring (bicyclic) bond motifs is 1. The number of amides is 2. The summed E-state index contributed by atoms with van der Waals surface area (Å²) in [6, 6.07) is 13.0. The molecule has 2 N–H and O–H groups in total. The first-order chi connectivity index (χ1) is 13.4. The molecule has 2 aromatic carbocycles. The van der Waals surface area contributed by atoms with E-state index in [2.05, 4.69) is 15.6 Å². The van der Waals surface area contributed by atoms with Gasteiger partial charge < -0.3 is 10.1 Å². The zero-order valence-corrected chi connectivity index (χ0v) is 16.5. The summed E-state index contributed by atoms with van der Waals surface area (Å²) in [7, 11) is 0. The molecule has 1 atom stereocenters. The maximum atomic E-state index is 12.5. The molecule has 2 heterocycles. The smallest absolute Gasteiger partial charge is 0.265 e. The zero-order chi connectivity index (χ0) is 19.8. The van der Waals surface area contributed by atoms with Gasteiger partial charge in [0.1, 0.15) is 5.75 Å². The summed E-state index contributed by atoms with van der Waals surface area (Å²) in [4.78, 5) is 30.0. The Bertz CT molecular complexity index is 1090. The lowest BCUT2D eigenvalue weighted by molar-refractivity contribution is -0.122. The van der Waals surface area contributed by atoms with E-state index in [1.54, 1.807) is 13.0 Å². The lowest BCUT2D eigenvalue weighted by Crippen LogP contribution is -2.34. The summed E-state index contributed by atoms with van der Waals surface area (Å²) in [5, 5.41) is 6.26. The first-order valence-corrected chi connectivity index (χ1v) is 9.70. The highest BCUT2D eigenvalue weighted by Gasteiger charge is 2.24. The van der Waals surface area contributed by atoms with Crippen LogP contribution in [0.25, 0.3) is 11.3 Å². The highest BCUT2D eigenvalue weighted by atomic mass is 32.1. The number of anilines is 2. The third kappa shape index (κ3) is 3.36. The van der Waals surface area contributed by atoms with Gasteiger partial charge in [0.05, 0.1) is 11.4 Å². The molecule has 4 rings (SSSR count). The molecule has 0 spiro atoms. The molecular formula is C21H19N3O3S. The van der Waals surface area contributed by atoms with Gasteiger partial charge >= 0.3 is 0 Å². The van der Waals surface area contributed by atoms with Gasteiger partial charge in [-0.15, -0.1) is 11.3 Å². The van der Waals surface area contributed by atoms with Crippen LogP contribution in [0.1, 0.15) is 27.7 Å². The van der Waals surface area contributed by atoms with Gasteiger partial charge in [-0.1, -0.05) is 18.2 Å². The summed E-state index contributed by atoms with van der Waals surface area (Å²) in [6.07, 6.45) is -0.511. The topological polar surface area (TPSA) is 80.3 Å². The van der Waals surface area contributed by atoms with Gasteiger partial charge in [-0.05, 0) is 50.6 Å². The Kier molecular flexibility index (Phi) is 4.60. The van der Waals surface area contributed by atoms with Crippen molar-refractivity contribution >= 4 is 34.0 Å². The number of carbonyl (C=O) groups is 2. The van der Waals surface area contributed by atoms with E-state index in [9.17, 15) is 9.59 Å². The Morgan fingerprint density at radius 1 is 1.21 bits per heavy atom. The Balaban J connectivity index is 1.60. The second-order valence-corrected chi connectivity index (χ2v) is 7.86. The van der Waals surface area contributed by atoms with Gasteiger partial charge in [0.2, 0.25) is 0 Å². The molecule has 1 aromatic heterocycles. The van der Waals surface area contributed by atoms with Crippen LogP contribution in [0.15, 0.2) is 42.5 Å². The largest absolute Gasteiger partial charge is 0.479 e.